The van der Waals surface area contributed by atoms with Gasteiger partial charge in [0.1, 0.15) is 18.1 Å². The smallest absolute Gasteiger partial charge is 0.191 e. The van der Waals surface area contributed by atoms with Gasteiger partial charge in [0.15, 0.2) is 5.96 Å². The van der Waals surface area contributed by atoms with Gasteiger partial charge in [0.05, 0.1) is 12.6 Å². The van der Waals surface area contributed by atoms with Gasteiger partial charge >= 0.3 is 0 Å². The molecule has 1 heterocycles. The fraction of sp³-hybridized carbons (Fsp3) is 0.458. The zero-order valence-corrected chi connectivity index (χ0v) is 20.7. The largest absolute Gasteiger partial charge is 0.508 e. The minimum absolute atomic E-state index is 0. The van der Waals surface area contributed by atoms with E-state index in [0.29, 0.717) is 18.9 Å². The zero-order chi connectivity index (χ0) is 21.2. The van der Waals surface area contributed by atoms with E-state index in [1.54, 1.807) is 12.1 Å². The molecule has 1 unspecified atom stereocenters. The second-order valence-electron chi connectivity index (χ2n) is 7.60. The number of hydrogen-bond acceptors (Lipinski definition) is 4. The lowest BCUT2D eigenvalue weighted by Gasteiger charge is -2.15. The molecule has 0 aromatic heterocycles. The van der Waals surface area contributed by atoms with Gasteiger partial charge in [-0.1, -0.05) is 24.3 Å². The number of nitrogens with zero attached hydrogens (tertiary/aromatic N) is 1. The first-order valence-corrected chi connectivity index (χ1v) is 10.8. The van der Waals surface area contributed by atoms with Crippen molar-refractivity contribution in [2.75, 3.05) is 26.3 Å². The van der Waals surface area contributed by atoms with Gasteiger partial charge in [-0.15, -0.1) is 24.0 Å². The molecule has 0 spiro atoms. The molecule has 2 aromatic carbocycles. The number of guanidine groups is 1. The monoisotopic (exact) mass is 539 g/mol. The normalized spacial score (nSPS) is 15.9. The Balaban J connectivity index is 0.00000341. The van der Waals surface area contributed by atoms with Crippen molar-refractivity contribution >= 4 is 29.9 Å². The maximum atomic E-state index is 9.60. The molecular weight excluding hydrogens is 505 g/mol. The van der Waals surface area contributed by atoms with Crippen molar-refractivity contribution in [3.05, 3.63) is 59.2 Å². The summed E-state index contributed by atoms with van der Waals surface area (Å²) < 4.78 is 11.8. The molecule has 31 heavy (non-hydrogen) atoms. The third-order valence-electron chi connectivity index (χ3n) is 5.04. The van der Waals surface area contributed by atoms with E-state index in [-0.39, 0.29) is 30.1 Å². The molecule has 3 N–H and O–H groups in total. The summed E-state index contributed by atoms with van der Waals surface area (Å²) in [4.78, 5) is 4.74. The number of aromatic hydroxyl groups is 1. The highest BCUT2D eigenvalue weighted by Gasteiger charge is 2.17. The van der Waals surface area contributed by atoms with Gasteiger partial charge in [-0.2, -0.15) is 0 Å². The Morgan fingerprint density at radius 1 is 1.23 bits per heavy atom. The van der Waals surface area contributed by atoms with E-state index in [0.717, 1.165) is 61.8 Å². The summed E-state index contributed by atoms with van der Waals surface area (Å²) in [7, 11) is 0. The topological polar surface area (TPSA) is 75.1 Å². The fourth-order valence-corrected chi connectivity index (χ4v) is 3.43. The molecule has 0 amide bonds. The molecule has 0 aliphatic carbocycles. The molecule has 6 nitrogen and oxygen atoms in total. The van der Waals surface area contributed by atoms with Gasteiger partial charge in [-0.05, 0) is 62.4 Å². The fourth-order valence-electron chi connectivity index (χ4n) is 3.43. The van der Waals surface area contributed by atoms with Crippen LogP contribution < -0.4 is 15.4 Å². The number of hydrogen-bond donors (Lipinski definition) is 3. The summed E-state index contributed by atoms with van der Waals surface area (Å²) in [5.74, 6) is 1.94. The molecule has 2 aromatic rings. The van der Waals surface area contributed by atoms with Gasteiger partial charge in [0, 0.05) is 25.3 Å². The first-order chi connectivity index (χ1) is 14.6. The summed E-state index contributed by atoms with van der Waals surface area (Å²) in [6.07, 6.45) is 3.17. The average molecular weight is 539 g/mol. The van der Waals surface area contributed by atoms with Crippen molar-refractivity contribution in [1.29, 1.82) is 0 Å². The van der Waals surface area contributed by atoms with E-state index >= 15 is 0 Å². The van der Waals surface area contributed by atoms with E-state index in [9.17, 15) is 5.11 Å². The number of nitrogens with one attached hydrogen (secondary N) is 2. The van der Waals surface area contributed by atoms with Crippen LogP contribution in [0.25, 0.3) is 0 Å². The highest BCUT2D eigenvalue weighted by Crippen LogP contribution is 2.23. The molecular formula is C24H34IN3O3. The number of halogens is 1. The standard InChI is InChI=1S/C24H33N3O3.HI/c1-3-25-24(26-12-11-19-6-4-7-21(28)15-19)27-16-20-10-9-18(2)14-23(20)30-17-22-8-5-13-29-22;/h4,6-7,9-10,14-15,22,28H,3,5,8,11-13,16-17H2,1-2H3,(H2,25,26,27);1H. The van der Waals surface area contributed by atoms with Gasteiger partial charge in [-0.3, -0.25) is 0 Å². The van der Waals surface area contributed by atoms with Crippen LogP contribution in [0.4, 0.5) is 0 Å². The van der Waals surface area contributed by atoms with E-state index in [1.807, 2.05) is 12.1 Å². The predicted octanol–water partition coefficient (Wildman–Crippen LogP) is 4.17. The molecule has 0 bridgehead atoms. The van der Waals surface area contributed by atoms with E-state index in [4.69, 9.17) is 14.5 Å². The van der Waals surface area contributed by atoms with E-state index < -0.39 is 0 Å². The molecule has 1 aliphatic heterocycles. The summed E-state index contributed by atoms with van der Waals surface area (Å²) in [6, 6.07) is 13.6. The van der Waals surface area contributed by atoms with Crippen LogP contribution in [-0.4, -0.2) is 43.5 Å². The number of phenolic OH excluding ortho intramolecular Hbond substituents is 1. The van der Waals surface area contributed by atoms with Crippen molar-refractivity contribution in [2.24, 2.45) is 4.99 Å². The quantitative estimate of drug-likeness (QED) is 0.254. The number of aliphatic imine (C=N–C) groups is 1. The molecule has 0 saturated carbocycles. The first-order valence-electron chi connectivity index (χ1n) is 10.8. The van der Waals surface area contributed by atoms with Crippen molar-refractivity contribution in [3.8, 4) is 11.5 Å². The molecule has 0 radical (unpaired) electrons. The highest BCUT2D eigenvalue weighted by molar-refractivity contribution is 14.0. The average Bonchev–Trinajstić information content (AvgIpc) is 3.25. The Hall–Kier alpha value is -2.00. The maximum Gasteiger partial charge on any atom is 0.191 e. The van der Waals surface area contributed by atoms with Crippen LogP contribution in [0.5, 0.6) is 11.5 Å². The first kappa shape index (κ1) is 25.3. The van der Waals surface area contributed by atoms with E-state index in [1.165, 1.54) is 5.56 Å². The minimum atomic E-state index is 0. The van der Waals surface area contributed by atoms with E-state index in [2.05, 4.69) is 42.7 Å². The van der Waals surface area contributed by atoms with Crippen LogP contribution in [0.2, 0.25) is 0 Å². The molecule has 3 rings (SSSR count). The van der Waals surface area contributed by atoms with Crippen molar-refractivity contribution in [1.82, 2.24) is 10.6 Å². The summed E-state index contributed by atoms with van der Waals surface area (Å²) in [6.45, 7) is 7.58. The lowest BCUT2D eigenvalue weighted by Crippen LogP contribution is -2.38. The van der Waals surface area contributed by atoms with Crippen molar-refractivity contribution < 1.29 is 14.6 Å². The van der Waals surface area contributed by atoms with Crippen LogP contribution in [-0.2, 0) is 17.7 Å². The number of aryl methyl sites for hydroxylation is 1. The molecule has 170 valence electrons. The molecule has 1 atom stereocenters. The zero-order valence-electron chi connectivity index (χ0n) is 18.4. The summed E-state index contributed by atoms with van der Waals surface area (Å²) in [5.41, 5.74) is 3.31. The maximum absolute atomic E-state index is 9.60. The molecule has 7 heteroatoms. The van der Waals surface area contributed by atoms with Crippen molar-refractivity contribution in [3.63, 3.8) is 0 Å². The lowest BCUT2D eigenvalue weighted by atomic mass is 10.1. The molecule has 1 saturated heterocycles. The van der Waals surface area contributed by atoms with Crippen LogP contribution in [0.3, 0.4) is 0 Å². The van der Waals surface area contributed by atoms with Gasteiger partial charge < -0.3 is 25.2 Å². The third-order valence-corrected chi connectivity index (χ3v) is 5.04. The van der Waals surface area contributed by atoms with Crippen LogP contribution >= 0.6 is 24.0 Å². The second-order valence-corrected chi connectivity index (χ2v) is 7.60. The van der Waals surface area contributed by atoms with Crippen LogP contribution in [0.1, 0.15) is 36.5 Å². The highest BCUT2D eigenvalue weighted by atomic mass is 127. The second kappa shape index (κ2) is 13.4. The lowest BCUT2D eigenvalue weighted by molar-refractivity contribution is 0.0676. The molecule has 1 fully saturated rings. The Morgan fingerprint density at radius 2 is 2.10 bits per heavy atom. The van der Waals surface area contributed by atoms with Gasteiger partial charge in [-0.25, -0.2) is 4.99 Å². The van der Waals surface area contributed by atoms with Gasteiger partial charge in [0.25, 0.3) is 0 Å². The van der Waals surface area contributed by atoms with Crippen LogP contribution in [0.15, 0.2) is 47.5 Å². The summed E-state index contributed by atoms with van der Waals surface area (Å²) >= 11 is 0. The Bertz CT molecular complexity index is 839. The number of ether oxygens (including phenoxy) is 2. The third kappa shape index (κ3) is 8.57. The van der Waals surface area contributed by atoms with Crippen LogP contribution in [0, 0.1) is 6.92 Å². The Kier molecular flexibility index (Phi) is 10.9. The number of phenols is 1. The SMILES string of the molecule is CCNC(=NCc1ccc(C)cc1OCC1CCCO1)NCCc1cccc(O)c1.I. The Morgan fingerprint density at radius 3 is 2.84 bits per heavy atom. The van der Waals surface area contributed by atoms with Crippen molar-refractivity contribution in [2.45, 2.75) is 45.8 Å². The predicted molar refractivity (Wildman–Crippen MR) is 136 cm³/mol. The van der Waals surface area contributed by atoms with Gasteiger partial charge in [0.2, 0.25) is 0 Å². The summed E-state index contributed by atoms with van der Waals surface area (Å²) in [5, 5.41) is 16.2. The minimum Gasteiger partial charge on any atom is -0.508 e. The number of benzene rings is 2. The molecule has 1 aliphatic rings. The Labute approximate surface area is 202 Å². The number of rotatable bonds is 9.